The molecule has 5 heteroatoms. The molecule has 1 aromatic heterocycles. The molecule has 112 valence electrons. The normalized spacial score (nSPS) is 11.4. The van der Waals surface area contributed by atoms with Crippen molar-refractivity contribution in [1.82, 2.24) is 15.5 Å². The summed E-state index contributed by atoms with van der Waals surface area (Å²) in [7, 11) is 0. The lowest BCUT2D eigenvalue weighted by atomic mass is 10.1. The average molecular weight is 287 g/mol. The Morgan fingerprint density at radius 3 is 2.62 bits per heavy atom. The van der Waals surface area contributed by atoms with E-state index < -0.39 is 0 Å². The van der Waals surface area contributed by atoms with Crippen LogP contribution in [0.1, 0.15) is 39.5 Å². The summed E-state index contributed by atoms with van der Waals surface area (Å²) in [5.74, 6) is 1.20. The van der Waals surface area contributed by atoms with Gasteiger partial charge in [-0.05, 0) is 27.2 Å². The predicted octanol–water partition coefficient (Wildman–Crippen LogP) is 2.97. The molecule has 0 aliphatic rings. The zero-order valence-corrected chi connectivity index (χ0v) is 12.7. The molecule has 1 aromatic carbocycles. The van der Waals surface area contributed by atoms with E-state index in [2.05, 4.69) is 15.5 Å². The van der Waals surface area contributed by atoms with Crippen LogP contribution in [0.5, 0.6) is 0 Å². The molecule has 2 aromatic rings. The van der Waals surface area contributed by atoms with Crippen molar-refractivity contribution in [2.75, 3.05) is 0 Å². The molecule has 0 aliphatic carbocycles. The molecule has 1 N–H and O–H groups in total. The fraction of sp³-hybridized carbons (Fsp3) is 0.438. The zero-order valence-electron chi connectivity index (χ0n) is 12.7. The van der Waals surface area contributed by atoms with E-state index in [1.54, 1.807) is 0 Å². The lowest BCUT2D eigenvalue weighted by Gasteiger charge is -2.20. The average Bonchev–Trinajstić information content (AvgIpc) is 2.86. The summed E-state index contributed by atoms with van der Waals surface area (Å²) >= 11 is 0. The fourth-order valence-electron chi connectivity index (χ4n) is 1.94. The summed E-state index contributed by atoms with van der Waals surface area (Å²) in [6.45, 7) is 5.90. The molecule has 21 heavy (non-hydrogen) atoms. The Balaban J connectivity index is 1.83. The Morgan fingerprint density at radius 2 is 1.95 bits per heavy atom. The first-order valence-electron chi connectivity index (χ1n) is 7.13. The second kappa shape index (κ2) is 6.52. The lowest BCUT2D eigenvalue weighted by Crippen LogP contribution is -2.40. The Labute approximate surface area is 124 Å². The van der Waals surface area contributed by atoms with Crippen LogP contribution in [0.4, 0.5) is 0 Å². The molecule has 0 bridgehead atoms. The zero-order chi connectivity index (χ0) is 15.3. The fourth-order valence-corrected chi connectivity index (χ4v) is 1.94. The molecule has 0 saturated heterocycles. The van der Waals surface area contributed by atoms with Crippen LogP contribution in [0.15, 0.2) is 34.9 Å². The van der Waals surface area contributed by atoms with Gasteiger partial charge in [0.1, 0.15) is 0 Å². The van der Waals surface area contributed by atoms with E-state index in [1.807, 2.05) is 51.1 Å². The van der Waals surface area contributed by atoms with Crippen LogP contribution in [0.25, 0.3) is 11.4 Å². The number of aryl methyl sites for hydroxylation is 1. The summed E-state index contributed by atoms with van der Waals surface area (Å²) in [5.41, 5.74) is 0.736. The maximum atomic E-state index is 11.7. The van der Waals surface area contributed by atoms with Gasteiger partial charge in [0.05, 0.1) is 0 Å². The number of rotatable bonds is 5. The number of hydrogen-bond acceptors (Lipinski definition) is 4. The maximum absolute atomic E-state index is 11.7. The third kappa shape index (κ3) is 5.02. The Morgan fingerprint density at radius 1 is 1.24 bits per heavy atom. The largest absolute Gasteiger partial charge is 0.352 e. The second-order valence-electron chi connectivity index (χ2n) is 6.03. The molecule has 0 radical (unpaired) electrons. The van der Waals surface area contributed by atoms with Gasteiger partial charge in [-0.1, -0.05) is 35.5 Å². The molecule has 0 unspecified atom stereocenters. The first kappa shape index (κ1) is 15.2. The molecule has 0 aliphatic heterocycles. The van der Waals surface area contributed by atoms with Gasteiger partial charge in [-0.25, -0.2) is 0 Å². The van der Waals surface area contributed by atoms with Gasteiger partial charge in [0.2, 0.25) is 17.6 Å². The third-order valence-electron chi connectivity index (χ3n) is 2.81. The van der Waals surface area contributed by atoms with Gasteiger partial charge in [-0.3, -0.25) is 4.79 Å². The van der Waals surface area contributed by atoms with E-state index in [0.717, 1.165) is 5.56 Å². The topological polar surface area (TPSA) is 68.0 Å². The number of nitrogens with one attached hydrogen (secondary N) is 1. The van der Waals surface area contributed by atoms with E-state index in [9.17, 15) is 4.79 Å². The van der Waals surface area contributed by atoms with Crippen LogP contribution in [0, 0.1) is 0 Å². The Bertz CT molecular complexity index is 585. The summed E-state index contributed by atoms with van der Waals surface area (Å²) in [6, 6.07) is 9.68. The van der Waals surface area contributed by atoms with Gasteiger partial charge in [-0.2, -0.15) is 4.98 Å². The van der Waals surface area contributed by atoms with Crippen molar-refractivity contribution in [2.45, 2.75) is 45.6 Å². The van der Waals surface area contributed by atoms with Gasteiger partial charge in [0.25, 0.3) is 0 Å². The molecule has 0 fully saturated rings. The number of carbonyl (C=O) groups excluding carboxylic acids is 1. The number of benzene rings is 1. The van der Waals surface area contributed by atoms with Crippen molar-refractivity contribution in [3.05, 3.63) is 36.2 Å². The van der Waals surface area contributed by atoms with Gasteiger partial charge in [-0.15, -0.1) is 0 Å². The molecular weight excluding hydrogens is 266 g/mol. The highest BCUT2D eigenvalue weighted by Crippen LogP contribution is 2.15. The van der Waals surface area contributed by atoms with E-state index in [1.165, 1.54) is 0 Å². The minimum atomic E-state index is -0.192. The molecule has 0 atom stereocenters. The quantitative estimate of drug-likeness (QED) is 0.918. The first-order valence-corrected chi connectivity index (χ1v) is 7.13. The summed E-state index contributed by atoms with van der Waals surface area (Å²) in [5, 5.41) is 6.89. The van der Waals surface area contributed by atoms with Gasteiger partial charge in [0, 0.05) is 23.9 Å². The van der Waals surface area contributed by atoms with Crippen molar-refractivity contribution in [1.29, 1.82) is 0 Å². The lowest BCUT2D eigenvalue weighted by molar-refractivity contribution is -0.122. The summed E-state index contributed by atoms with van der Waals surface area (Å²) in [6.07, 6.45) is 1.76. The number of carbonyl (C=O) groups is 1. The number of hydrogen-bond donors (Lipinski definition) is 1. The minimum absolute atomic E-state index is 0.0466. The molecule has 5 nitrogen and oxygen atoms in total. The highest BCUT2D eigenvalue weighted by atomic mass is 16.5. The first-order chi connectivity index (χ1) is 9.94. The van der Waals surface area contributed by atoms with Crippen LogP contribution in [-0.2, 0) is 11.2 Å². The number of amides is 1. The summed E-state index contributed by atoms with van der Waals surface area (Å²) in [4.78, 5) is 16.0. The van der Waals surface area contributed by atoms with Crippen LogP contribution in [0.2, 0.25) is 0 Å². The Hall–Kier alpha value is -2.17. The van der Waals surface area contributed by atoms with Crippen molar-refractivity contribution >= 4 is 5.91 Å². The number of nitrogens with zero attached hydrogens (tertiary/aromatic N) is 2. The highest BCUT2D eigenvalue weighted by molar-refractivity contribution is 5.76. The van der Waals surface area contributed by atoms with Crippen molar-refractivity contribution in [3.8, 4) is 11.4 Å². The molecular formula is C16H21N3O2. The molecule has 2 rings (SSSR count). The molecule has 1 amide bonds. The van der Waals surface area contributed by atoms with E-state index in [4.69, 9.17) is 4.52 Å². The van der Waals surface area contributed by atoms with Crippen molar-refractivity contribution in [2.24, 2.45) is 0 Å². The van der Waals surface area contributed by atoms with Gasteiger partial charge >= 0.3 is 0 Å². The third-order valence-corrected chi connectivity index (χ3v) is 2.81. The van der Waals surface area contributed by atoms with Gasteiger partial charge in [0.15, 0.2) is 0 Å². The molecule has 0 saturated carbocycles. The van der Waals surface area contributed by atoms with Crippen LogP contribution in [0.3, 0.4) is 0 Å². The van der Waals surface area contributed by atoms with E-state index in [-0.39, 0.29) is 11.4 Å². The van der Waals surface area contributed by atoms with Crippen LogP contribution < -0.4 is 5.32 Å². The SMILES string of the molecule is CC(C)(C)NC(=O)CCCc1nc(-c2ccccc2)no1. The van der Waals surface area contributed by atoms with Crippen LogP contribution in [-0.4, -0.2) is 21.6 Å². The van der Waals surface area contributed by atoms with Crippen molar-refractivity contribution < 1.29 is 9.32 Å². The standard InChI is InChI=1S/C16H21N3O2/c1-16(2,3)18-13(20)10-7-11-14-17-15(19-21-14)12-8-5-4-6-9-12/h4-6,8-9H,7,10-11H2,1-3H3,(H,18,20). The van der Waals surface area contributed by atoms with E-state index >= 15 is 0 Å². The smallest absolute Gasteiger partial charge is 0.226 e. The Kier molecular flexibility index (Phi) is 4.73. The minimum Gasteiger partial charge on any atom is -0.352 e. The monoisotopic (exact) mass is 287 g/mol. The summed E-state index contributed by atoms with van der Waals surface area (Å²) < 4.78 is 5.21. The molecule has 1 heterocycles. The highest BCUT2D eigenvalue weighted by Gasteiger charge is 2.14. The second-order valence-corrected chi connectivity index (χ2v) is 6.03. The van der Waals surface area contributed by atoms with Crippen molar-refractivity contribution in [3.63, 3.8) is 0 Å². The van der Waals surface area contributed by atoms with Crippen LogP contribution >= 0.6 is 0 Å². The van der Waals surface area contributed by atoms with Gasteiger partial charge < -0.3 is 9.84 Å². The van der Waals surface area contributed by atoms with E-state index in [0.29, 0.717) is 31.0 Å². The predicted molar refractivity (Wildman–Crippen MR) is 80.6 cm³/mol. The maximum Gasteiger partial charge on any atom is 0.226 e. The molecule has 0 spiro atoms. The number of aromatic nitrogens is 2.